The normalized spacial score (nSPS) is 11.2. The van der Waals surface area contributed by atoms with E-state index in [9.17, 15) is 9.59 Å². The number of amides is 2. The summed E-state index contributed by atoms with van der Waals surface area (Å²) in [5, 5.41) is 7.24. The minimum Gasteiger partial charge on any atom is -0.361 e. The number of aromatic amines is 1. The molecule has 0 aliphatic rings. The van der Waals surface area contributed by atoms with E-state index < -0.39 is 0 Å². The van der Waals surface area contributed by atoms with E-state index in [1.807, 2.05) is 61.7 Å². The highest BCUT2D eigenvalue weighted by Gasteiger charge is 2.13. The molecule has 1 heterocycles. The third kappa shape index (κ3) is 6.96. The maximum Gasteiger partial charge on any atom is 0.252 e. The van der Waals surface area contributed by atoms with Gasteiger partial charge in [-0.05, 0) is 68.1 Å². The zero-order chi connectivity index (χ0) is 23.6. The Morgan fingerprint density at radius 2 is 1.85 bits per heavy atom. The predicted molar refractivity (Wildman–Crippen MR) is 136 cm³/mol. The molecule has 0 spiro atoms. The van der Waals surface area contributed by atoms with E-state index in [2.05, 4.69) is 34.7 Å². The van der Waals surface area contributed by atoms with Gasteiger partial charge in [-0.2, -0.15) is 0 Å². The van der Waals surface area contributed by atoms with Crippen molar-refractivity contribution in [3.05, 3.63) is 101 Å². The second kappa shape index (κ2) is 11.9. The Bertz CT molecular complexity index is 1200. The zero-order valence-electron chi connectivity index (χ0n) is 18.8. The van der Waals surface area contributed by atoms with Crippen LogP contribution in [0.2, 0.25) is 5.02 Å². The van der Waals surface area contributed by atoms with Gasteiger partial charge in [0.25, 0.3) is 5.91 Å². The van der Waals surface area contributed by atoms with Gasteiger partial charge >= 0.3 is 0 Å². The molecule has 3 N–H and O–H groups in total. The average molecular weight is 462 g/mol. The van der Waals surface area contributed by atoms with E-state index in [-0.39, 0.29) is 11.9 Å². The van der Waals surface area contributed by atoms with Crippen LogP contribution in [0.4, 0.5) is 5.69 Å². The summed E-state index contributed by atoms with van der Waals surface area (Å²) in [6.45, 7) is 3.96. The first-order valence-electron chi connectivity index (χ1n) is 10.8. The molecule has 0 aliphatic heterocycles. The summed E-state index contributed by atoms with van der Waals surface area (Å²) < 4.78 is 0. The van der Waals surface area contributed by atoms with Crippen LogP contribution in [0, 0.1) is 6.92 Å². The molecule has 4 aromatic rings. The smallest absolute Gasteiger partial charge is 0.252 e. The van der Waals surface area contributed by atoms with Gasteiger partial charge in [0.05, 0.1) is 0 Å². The molecule has 6 heteroatoms. The number of anilines is 1. The number of rotatable bonds is 7. The summed E-state index contributed by atoms with van der Waals surface area (Å²) in [5.41, 5.74) is 4.78. The summed E-state index contributed by atoms with van der Waals surface area (Å²) in [5.74, 6) is -0.00855. The predicted octanol–water partition coefficient (Wildman–Crippen LogP) is 6.14. The lowest BCUT2D eigenvalue weighted by molar-refractivity contribution is -0.105. The van der Waals surface area contributed by atoms with E-state index in [0.29, 0.717) is 11.4 Å². The Balaban J connectivity index is 0.000000235. The third-order valence-electron chi connectivity index (χ3n) is 5.34. The van der Waals surface area contributed by atoms with Gasteiger partial charge in [-0.1, -0.05) is 54.1 Å². The third-order valence-corrected chi connectivity index (χ3v) is 5.58. The summed E-state index contributed by atoms with van der Waals surface area (Å²) in [6, 6.07) is 23.5. The minimum absolute atomic E-state index is 0.00855. The number of carbonyl (C=O) groups is 2. The van der Waals surface area contributed by atoms with Gasteiger partial charge < -0.3 is 15.6 Å². The Kier molecular flexibility index (Phi) is 8.67. The first-order valence-corrected chi connectivity index (χ1v) is 11.2. The number of carbonyl (C=O) groups excluding carboxylic acids is 2. The highest BCUT2D eigenvalue weighted by molar-refractivity contribution is 6.30. The first-order chi connectivity index (χ1) is 16.0. The van der Waals surface area contributed by atoms with Crippen molar-refractivity contribution >= 4 is 40.5 Å². The van der Waals surface area contributed by atoms with E-state index in [1.54, 1.807) is 12.1 Å². The SMILES string of the molecule is CC(CCc1ccccc1)NC(=O)c1cccc2[nH]ccc12.Cc1ccc(Cl)cc1NC=O. The van der Waals surface area contributed by atoms with E-state index in [1.165, 1.54) is 5.56 Å². The Labute approximate surface area is 199 Å². The average Bonchev–Trinajstić information content (AvgIpc) is 3.30. The van der Waals surface area contributed by atoms with Gasteiger partial charge in [0.2, 0.25) is 6.41 Å². The lowest BCUT2D eigenvalue weighted by atomic mass is 10.1. The van der Waals surface area contributed by atoms with E-state index in [4.69, 9.17) is 11.6 Å². The molecule has 0 bridgehead atoms. The van der Waals surface area contributed by atoms with Crippen molar-refractivity contribution in [3.8, 4) is 0 Å². The molecule has 4 rings (SSSR count). The molecule has 0 saturated carbocycles. The molecule has 3 aromatic carbocycles. The monoisotopic (exact) mass is 461 g/mol. The molecule has 0 radical (unpaired) electrons. The lowest BCUT2D eigenvalue weighted by Gasteiger charge is -2.14. The quantitative estimate of drug-likeness (QED) is 0.289. The summed E-state index contributed by atoms with van der Waals surface area (Å²) in [6.07, 6.45) is 4.40. The summed E-state index contributed by atoms with van der Waals surface area (Å²) >= 11 is 5.70. The van der Waals surface area contributed by atoms with Gasteiger partial charge in [-0.15, -0.1) is 0 Å². The molecular formula is C27H28ClN3O2. The topological polar surface area (TPSA) is 74.0 Å². The molecule has 2 amide bonds. The highest BCUT2D eigenvalue weighted by Crippen LogP contribution is 2.19. The molecule has 1 aromatic heterocycles. The Morgan fingerprint density at radius 3 is 2.61 bits per heavy atom. The highest BCUT2D eigenvalue weighted by atomic mass is 35.5. The number of nitrogens with one attached hydrogen (secondary N) is 3. The number of fused-ring (bicyclic) bond motifs is 1. The molecule has 1 atom stereocenters. The number of benzene rings is 3. The molecule has 33 heavy (non-hydrogen) atoms. The van der Waals surface area contributed by atoms with Crippen LogP contribution in [0.1, 0.15) is 34.8 Å². The first kappa shape index (κ1) is 24.1. The van der Waals surface area contributed by atoms with Crippen LogP contribution in [0.3, 0.4) is 0 Å². The summed E-state index contributed by atoms with van der Waals surface area (Å²) in [7, 11) is 0. The van der Waals surface area contributed by atoms with Gasteiger partial charge in [0.15, 0.2) is 0 Å². The van der Waals surface area contributed by atoms with Crippen LogP contribution >= 0.6 is 11.6 Å². The molecule has 0 aliphatic carbocycles. The standard InChI is InChI=1S/C19H20N2O.C8H8ClNO/c1-14(10-11-15-6-3-2-4-7-15)21-19(22)17-8-5-9-18-16(17)12-13-20-18;1-6-2-3-7(9)4-8(6)10-5-11/h2-9,12-14,20H,10-11H2,1H3,(H,21,22);2-5H,1H3,(H,10,11). The van der Waals surface area contributed by atoms with Crippen molar-refractivity contribution < 1.29 is 9.59 Å². The van der Waals surface area contributed by atoms with E-state index in [0.717, 1.165) is 40.6 Å². The van der Waals surface area contributed by atoms with Gasteiger partial charge in [0, 0.05) is 39.4 Å². The number of aryl methyl sites for hydroxylation is 2. The van der Waals surface area contributed by atoms with Crippen LogP contribution in [-0.4, -0.2) is 23.3 Å². The molecular weight excluding hydrogens is 434 g/mol. The maximum atomic E-state index is 12.5. The number of H-pyrrole nitrogens is 1. The number of aromatic nitrogens is 1. The molecule has 0 saturated heterocycles. The number of hydrogen-bond donors (Lipinski definition) is 3. The number of halogens is 1. The van der Waals surface area contributed by atoms with Gasteiger partial charge in [-0.25, -0.2) is 0 Å². The molecule has 1 unspecified atom stereocenters. The molecule has 5 nitrogen and oxygen atoms in total. The van der Waals surface area contributed by atoms with Crippen molar-refractivity contribution in [2.45, 2.75) is 32.7 Å². The maximum absolute atomic E-state index is 12.5. The second-order valence-electron chi connectivity index (χ2n) is 7.86. The van der Waals surface area contributed by atoms with Crippen LogP contribution in [0.25, 0.3) is 10.9 Å². The fraction of sp³-hybridized carbons (Fsp3) is 0.185. The van der Waals surface area contributed by atoms with E-state index >= 15 is 0 Å². The fourth-order valence-corrected chi connectivity index (χ4v) is 3.67. The van der Waals surface area contributed by atoms with Gasteiger partial charge in [-0.3, -0.25) is 9.59 Å². The van der Waals surface area contributed by atoms with Crippen LogP contribution < -0.4 is 10.6 Å². The van der Waals surface area contributed by atoms with Crippen molar-refractivity contribution in [2.24, 2.45) is 0 Å². The summed E-state index contributed by atoms with van der Waals surface area (Å²) in [4.78, 5) is 25.7. The van der Waals surface area contributed by atoms with Gasteiger partial charge in [0.1, 0.15) is 0 Å². The molecule has 170 valence electrons. The van der Waals surface area contributed by atoms with Crippen LogP contribution in [-0.2, 0) is 11.2 Å². The van der Waals surface area contributed by atoms with Crippen molar-refractivity contribution in [3.63, 3.8) is 0 Å². The lowest BCUT2D eigenvalue weighted by Crippen LogP contribution is -2.32. The second-order valence-corrected chi connectivity index (χ2v) is 8.30. The van der Waals surface area contributed by atoms with Crippen molar-refractivity contribution in [1.29, 1.82) is 0 Å². The Hall–Kier alpha value is -3.57. The minimum atomic E-state index is -0.00855. The Morgan fingerprint density at radius 1 is 1.06 bits per heavy atom. The fourth-order valence-electron chi connectivity index (χ4n) is 3.50. The van der Waals surface area contributed by atoms with Crippen LogP contribution in [0.5, 0.6) is 0 Å². The van der Waals surface area contributed by atoms with Crippen molar-refractivity contribution in [1.82, 2.24) is 10.3 Å². The van der Waals surface area contributed by atoms with Crippen molar-refractivity contribution in [2.75, 3.05) is 5.32 Å². The largest absolute Gasteiger partial charge is 0.361 e. The zero-order valence-corrected chi connectivity index (χ0v) is 19.5. The number of hydrogen-bond acceptors (Lipinski definition) is 2. The van der Waals surface area contributed by atoms with Crippen LogP contribution in [0.15, 0.2) is 79.0 Å². The molecule has 0 fully saturated rings.